The molecule has 0 bridgehead atoms. The molecule has 0 spiro atoms. The maximum atomic E-state index is 11.1. The Bertz CT molecular complexity index is 274. The Morgan fingerprint density at radius 1 is 1.46 bits per heavy atom. The van der Waals surface area contributed by atoms with Gasteiger partial charge in [0.1, 0.15) is 5.78 Å². The van der Waals surface area contributed by atoms with Crippen molar-refractivity contribution in [2.24, 2.45) is 0 Å². The summed E-state index contributed by atoms with van der Waals surface area (Å²) < 4.78 is 2.97. The fourth-order valence-electron chi connectivity index (χ4n) is 1.11. The molecule has 3 heteroatoms. The maximum absolute atomic E-state index is 11.1. The van der Waals surface area contributed by atoms with E-state index in [1.807, 2.05) is 53.2 Å². The van der Waals surface area contributed by atoms with Crippen molar-refractivity contribution < 1.29 is 4.79 Å². The molecule has 0 radical (unpaired) electrons. The van der Waals surface area contributed by atoms with Crippen LogP contribution in [-0.4, -0.2) is 11.8 Å². The number of halogens is 1. The van der Waals surface area contributed by atoms with Gasteiger partial charge < -0.3 is 0 Å². The molecule has 0 saturated heterocycles. The van der Waals surface area contributed by atoms with Crippen LogP contribution in [0, 0.1) is 0 Å². The van der Waals surface area contributed by atoms with Gasteiger partial charge in [-0.3, -0.25) is 8.32 Å². The first-order valence-electron chi connectivity index (χ1n) is 4.14. The summed E-state index contributed by atoms with van der Waals surface area (Å²) in [4.78, 5) is 11.1. The van der Waals surface area contributed by atoms with Crippen molar-refractivity contribution in [3.63, 3.8) is 0 Å². The highest BCUT2D eigenvalue weighted by atomic mass is 127. The highest BCUT2D eigenvalue weighted by Gasteiger charge is 2.11. The van der Waals surface area contributed by atoms with Gasteiger partial charge in [-0.1, -0.05) is 30.3 Å². The van der Waals surface area contributed by atoms with Crippen molar-refractivity contribution in [2.45, 2.75) is 19.4 Å². The zero-order valence-electron chi connectivity index (χ0n) is 7.46. The Morgan fingerprint density at radius 2 is 2.08 bits per heavy atom. The summed E-state index contributed by atoms with van der Waals surface area (Å²) in [5.74, 6) is 0.179. The SMILES string of the molecule is CC(=O)C(Cc1ccccc1)NI. The quantitative estimate of drug-likeness (QED) is 0.679. The zero-order valence-corrected chi connectivity index (χ0v) is 9.61. The van der Waals surface area contributed by atoms with Crippen LogP contribution in [-0.2, 0) is 11.2 Å². The summed E-state index contributed by atoms with van der Waals surface area (Å²) in [6, 6.07) is 9.94. The molecule has 0 amide bonds. The van der Waals surface area contributed by atoms with E-state index < -0.39 is 0 Å². The maximum Gasteiger partial charge on any atom is 0.147 e. The lowest BCUT2D eigenvalue weighted by molar-refractivity contribution is -0.118. The predicted molar refractivity (Wildman–Crippen MR) is 61.8 cm³/mol. The summed E-state index contributed by atoms with van der Waals surface area (Å²) in [6.45, 7) is 1.61. The molecule has 1 N–H and O–H groups in total. The topological polar surface area (TPSA) is 29.1 Å². The van der Waals surface area contributed by atoms with Crippen LogP contribution in [0.2, 0.25) is 0 Å². The monoisotopic (exact) mass is 289 g/mol. The van der Waals surface area contributed by atoms with Gasteiger partial charge in [-0.25, -0.2) is 0 Å². The Kier molecular flexibility index (Phi) is 4.38. The van der Waals surface area contributed by atoms with Crippen molar-refractivity contribution in [3.8, 4) is 0 Å². The summed E-state index contributed by atoms with van der Waals surface area (Å²) in [6.07, 6.45) is 0.763. The van der Waals surface area contributed by atoms with E-state index in [1.54, 1.807) is 6.92 Å². The normalized spacial score (nSPS) is 12.5. The number of rotatable bonds is 4. The fourth-order valence-corrected chi connectivity index (χ4v) is 1.77. The van der Waals surface area contributed by atoms with E-state index in [-0.39, 0.29) is 11.8 Å². The largest absolute Gasteiger partial charge is 0.298 e. The van der Waals surface area contributed by atoms with E-state index in [2.05, 4.69) is 3.53 Å². The third kappa shape index (κ3) is 3.44. The zero-order chi connectivity index (χ0) is 9.68. The number of hydrogen-bond donors (Lipinski definition) is 1. The fraction of sp³-hybridized carbons (Fsp3) is 0.300. The highest BCUT2D eigenvalue weighted by molar-refractivity contribution is 14.1. The van der Waals surface area contributed by atoms with E-state index in [9.17, 15) is 4.79 Å². The van der Waals surface area contributed by atoms with Crippen LogP contribution in [0.25, 0.3) is 0 Å². The molecule has 0 aliphatic carbocycles. The minimum atomic E-state index is -0.0667. The van der Waals surface area contributed by atoms with Crippen molar-refractivity contribution in [3.05, 3.63) is 35.9 Å². The lowest BCUT2D eigenvalue weighted by Crippen LogP contribution is -2.30. The minimum absolute atomic E-state index is 0.0667. The molecule has 0 fully saturated rings. The number of carbonyl (C=O) groups excluding carboxylic acids is 1. The van der Waals surface area contributed by atoms with Crippen molar-refractivity contribution >= 4 is 28.6 Å². The Hall–Kier alpha value is -0.420. The van der Waals surface area contributed by atoms with Gasteiger partial charge in [0.05, 0.1) is 6.04 Å². The van der Waals surface area contributed by atoms with Gasteiger partial charge in [0.25, 0.3) is 0 Å². The molecule has 0 heterocycles. The standard InChI is InChI=1S/C10H12INO/c1-8(13)10(12-11)7-9-5-3-2-4-6-9/h2-6,10,12H,7H2,1H3. The number of benzene rings is 1. The summed E-state index contributed by atoms with van der Waals surface area (Å²) in [5, 5.41) is 0. The predicted octanol–water partition coefficient (Wildman–Crippen LogP) is 2.13. The smallest absolute Gasteiger partial charge is 0.147 e. The lowest BCUT2D eigenvalue weighted by Gasteiger charge is -2.10. The van der Waals surface area contributed by atoms with Crippen LogP contribution in [0.5, 0.6) is 0 Å². The van der Waals surface area contributed by atoms with Crippen LogP contribution in [0.3, 0.4) is 0 Å². The molecular weight excluding hydrogens is 277 g/mol. The van der Waals surface area contributed by atoms with Crippen LogP contribution >= 0.6 is 22.9 Å². The molecule has 0 aliphatic rings. The van der Waals surface area contributed by atoms with Crippen LogP contribution in [0.4, 0.5) is 0 Å². The van der Waals surface area contributed by atoms with Gasteiger partial charge in [-0.15, -0.1) is 0 Å². The lowest BCUT2D eigenvalue weighted by atomic mass is 10.0. The molecule has 2 nitrogen and oxygen atoms in total. The number of hydrogen-bond acceptors (Lipinski definition) is 2. The molecule has 0 aromatic heterocycles. The summed E-state index contributed by atoms with van der Waals surface area (Å²) >= 11 is 2.02. The number of Topliss-reactive ketones (excluding diaryl/α,β-unsaturated/α-hetero) is 1. The van der Waals surface area contributed by atoms with E-state index in [1.165, 1.54) is 5.56 Å². The molecule has 0 saturated carbocycles. The van der Waals surface area contributed by atoms with Gasteiger partial charge >= 0.3 is 0 Å². The number of carbonyl (C=O) groups is 1. The van der Waals surface area contributed by atoms with Gasteiger partial charge in [0.2, 0.25) is 0 Å². The first-order chi connectivity index (χ1) is 6.24. The average molecular weight is 289 g/mol. The third-order valence-electron chi connectivity index (χ3n) is 1.91. The van der Waals surface area contributed by atoms with E-state index in [4.69, 9.17) is 0 Å². The Morgan fingerprint density at radius 3 is 2.54 bits per heavy atom. The van der Waals surface area contributed by atoms with Crippen molar-refractivity contribution in [1.29, 1.82) is 0 Å². The highest BCUT2D eigenvalue weighted by Crippen LogP contribution is 2.04. The molecule has 70 valence electrons. The van der Waals surface area contributed by atoms with Crippen molar-refractivity contribution in [2.75, 3.05) is 0 Å². The average Bonchev–Trinajstić information content (AvgIpc) is 2.15. The van der Waals surface area contributed by atoms with Crippen LogP contribution in [0.15, 0.2) is 30.3 Å². The summed E-state index contributed by atoms with van der Waals surface area (Å²) in [7, 11) is 0. The van der Waals surface area contributed by atoms with E-state index >= 15 is 0 Å². The van der Waals surface area contributed by atoms with Gasteiger partial charge in [-0.2, -0.15) is 0 Å². The van der Waals surface area contributed by atoms with Gasteiger partial charge in [0.15, 0.2) is 0 Å². The molecule has 1 atom stereocenters. The second-order valence-electron chi connectivity index (χ2n) is 2.96. The Labute approximate surface area is 92.2 Å². The second kappa shape index (κ2) is 5.34. The molecular formula is C10H12INO. The molecule has 1 aromatic carbocycles. The second-order valence-corrected chi connectivity index (χ2v) is 3.58. The van der Waals surface area contributed by atoms with E-state index in [0.29, 0.717) is 0 Å². The molecule has 1 aromatic rings. The number of ketones is 1. The van der Waals surface area contributed by atoms with Crippen LogP contribution < -0.4 is 3.53 Å². The summed E-state index contributed by atoms with van der Waals surface area (Å²) in [5.41, 5.74) is 1.19. The Balaban J connectivity index is 2.62. The molecule has 13 heavy (non-hydrogen) atoms. The van der Waals surface area contributed by atoms with E-state index in [0.717, 1.165) is 6.42 Å². The molecule has 0 aliphatic heterocycles. The van der Waals surface area contributed by atoms with Crippen molar-refractivity contribution in [1.82, 2.24) is 3.53 Å². The molecule has 1 rings (SSSR count). The van der Waals surface area contributed by atoms with Gasteiger partial charge in [-0.05, 0) is 18.9 Å². The first kappa shape index (κ1) is 10.7. The van der Waals surface area contributed by atoms with Crippen LogP contribution in [0.1, 0.15) is 12.5 Å². The number of nitrogens with one attached hydrogen (secondary N) is 1. The molecule has 1 unspecified atom stereocenters. The first-order valence-corrected chi connectivity index (χ1v) is 5.22. The van der Waals surface area contributed by atoms with Gasteiger partial charge in [0, 0.05) is 22.9 Å². The third-order valence-corrected chi connectivity index (χ3v) is 2.66. The minimum Gasteiger partial charge on any atom is -0.298 e.